The lowest BCUT2D eigenvalue weighted by Crippen LogP contribution is -2.27. The Balaban J connectivity index is 3.10. The molecule has 0 saturated heterocycles. The Hall–Kier alpha value is -0.810. The molecule has 5 N–H and O–H groups in total. The van der Waals surface area contributed by atoms with Crippen molar-refractivity contribution in [3.05, 3.63) is 0 Å². The Morgan fingerprint density at radius 1 is 1.25 bits per heavy atom. The van der Waals surface area contributed by atoms with E-state index in [1.165, 1.54) is 0 Å². The highest BCUT2D eigenvalue weighted by atomic mass is 16.5. The van der Waals surface area contributed by atoms with Crippen LogP contribution in [-0.2, 0) is 4.74 Å². The van der Waals surface area contributed by atoms with Crippen molar-refractivity contribution < 1.29 is 9.53 Å². The van der Waals surface area contributed by atoms with Gasteiger partial charge in [0, 0.05) is 6.54 Å². The second-order valence-electron chi connectivity index (χ2n) is 2.35. The zero-order valence-corrected chi connectivity index (χ0v) is 7.21. The molecule has 0 spiro atoms. The smallest absolute Gasteiger partial charge is 0.407 e. The molecule has 0 rings (SSSR count). The fraction of sp³-hybridized carbons (Fsp3) is 0.857. The van der Waals surface area contributed by atoms with Gasteiger partial charge in [0.1, 0.15) is 0 Å². The quantitative estimate of drug-likeness (QED) is 0.471. The molecule has 72 valence electrons. The molecule has 0 aromatic heterocycles. The Morgan fingerprint density at radius 3 is 2.50 bits per heavy atom. The van der Waals surface area contributed by atoms with E-state index in [1.54, 1.807) is 0 Å². The molecule has 0 radical (unpaired) electrons. The average Bonchev–Trinajstić information content (AvgIpc) is 2.06. The number of ether oxygens (including phenoxy) is 1. The van der Waals surface area contributed by atoms with Gasteiger partial charge >= 0.3 is 6.09 Å². The Morgan fingerprint density at radius 2 is 1.92 bits per heavy atom. The molecular weight excluding hydrogens is 158 g/mol. The van der Waals surface area contributed by atoms with Crippen molar-refractivity contribution in [2.45, 2.75) is 12.8 Å². The molecule has 0 bridgehead atoms. The van der Waals surface area contributed by atoms with Gasteiger partial charge in [0.25, 0.3) is 0 Å². The second-order valence-corrected chi connectivity index (χ2v) is 2.35. The van der Waals surface area contributed by atoms with Crippen LogP contribution in [-0.4, -0.2) is 32.3 Å². The van der Waals surface area contributed by atoms with Crippen LogP contribution in [0, 0.1) is 0 Å². The summed E-state index contributed by atoms with van der Waals surface area (Å²) in [5.74, 6) is 0. The summed E-state index contributed by atoms with van der Waals surface area (Å²) < 4.78 is 4.76. The number of nitrogens with two attached hydrogens (primary N) is 2. The summed E-state index contributed by atoms with van der Waals surface area (Å²) >= 11 is 0. The zero-order chi connectivity index (χ0) is 9.23. The molecule has 0 aliphatic rings. The number of rotatable bonds is 6. The first-order chi connectivity index (χ1) is 5.81. The van der Waals surface area contributed by atoms with Crippen LogP contribution in [0.4, 0.5) is 4.79 Å². The highest BCUT2D eigenvalue weighted by molar-refractivity contribution is 5.66. The predicted octanol–water partition coefficient (Wildman–Crippen LogP) is -0.590. The van der Waals surface area contributed by atoms with Gasteiger partial charge in [-0.3, -0.25) is 0 Å². The summed E-state index contributed by atoms with van der Waals surface area (Å²) in [5.41, 5.74) is 10.4. The van der Waals surface area contributed by atoms with Gasteiger partial charge in [-0.1, -0.05) is 0 Å². The van der Waals surface area contributed by atoms with Crippen LogP contribution in [0.25, 0.3) is 0 Å². The van der Waals surface area contributed by atoms with Crippen molar-refractivity contribution in [2.24, 2.45) is 11.5 Å². The zero-order valence-electron chi connectivity index (χ0n) is 7.21. The van der Waals surface area contributed by atoms with Gasteiger partial charge < -0.3 is 21.5 Å². The van der Waals surface area contributed by atoms with E-state index in [2.05, 4.69) is 5.32 Å². The third kappa shape index (κ3) is 7.30. The van der Waals surface area contributed by atoms with E-state index in [0.717, 1.165) is 6.42 Å². The van der Waals surface area contributed by atoms with Gasteiger partial charge in [0.15, 0.2) is 0 Å². The van der Waals surface area contributed by atoms with Crippen molar-refractivity contribution in [2.75, 3.05) is 26.2 Å². The van der Waals surface area contributed by atoms with Gasteiger partial charge in [-0.25, -0.2) is 4.79 Å². The Bertz CT molecular complexity index is 107. The number of carbonyl (C=O) groups excluding carboxylic acids is 1. The summed E-state index contributed by atoms with van der Waals surface area (Å²) in [4.78, 5) is 10.8. The maximum Gasteiger partial charge on any atom is 0.407 e. The SMILES string of the molecule is NCCCNC(=O)OCCCN. The molecule has 0 saturated carbocycles. The van der Waals surface area contributed by atoms with E-state index in [0.29, 0.717) is 32.7 Å². The molecule has 5 heteroatoms. The minimum atomic E-state index is -0.392. The van der Waals surface area contributed by atoms with Crippen LogP contribution in [0.15, 0.2) is 0 Å². The normalized spacial score (nSPS) is 9.50. The third-order valence-corrected chi connectivity index (χ3v) is 1.23. The van der Waals surface area contributed by atoms with Crippen LogP contribution in [0.5, 0.6) is 0 Å². The average molecular weight is 175 g/mol. The van der Waals surface area contributed by atoms with Crippen molar-refractivity contribution in [3.63, 3.8) is 0 Å². The van der Waals surface area contributed by atoms with Crippen molar-refractivity contribution in [1.29, 1.82) is 0 Å². The van der Waals surface area contributed by atoms with Crippen LogP contribution >= 0.6 is 0 Å². The molecule has 0 fully saturated rings. The Labute approximate surface area is 72.4 Å². The largest absolute Gasteiger partial charge is 0.450 e. The second kappa shape index (κ2) is 8.29. The van der Waals surface area contributed by atoms with Crippen molar-refractivity contribution in [3.8, 4) is 0 Å². The molecule has 0 aromatic rings. The van der Waals surface area contributed by atoms with Gasteiger partial charge in [-0.05, 0) is 25.9 Å². The summed E-state index contributed by atoms with van der Waals surface area (Å²) in [6, 6.07) is 0. The predicted molar refractivity (Wildman–Crippen MR) is 46.7 cm³/mol. The number of amides is 1. The molecule has 0 unspecified atom stereocenters. The number of hydrogen-bond donors (Lipinski definition) is 3. The van der Waals surface area contributed by atoms with Crippen LogP contribution in [0.1, 0.15) is 12.8 Å². The molecule has 0 aliphatic heterocycles. The number of nitrogens with one attached hydrogen (secondary N) is 1. The summed E-state index contributed by atoms with van der Waals surface area (Å²) in [6.07, 6.45) is 1.08. The van der Waals surface area contributed by atoms with Crippen molar-refractivity contribution in [1.82, 2.24) is 5.32 Å². The topological polar surface area (TPSA) is 90.4 Å². The fourth-order valence-electron chi connectivity index (χ4n) is 0.592. The van der Waals surface area contributed by atoms with Gasteiger partial charge in [-0.2, -0.15) is 0 Å². The number of hydrogen-bond acceptors (Lipinski definition) is 4. The van der Waals surface area contributed by atoms with Gasteiger partial charge in [-0.15, -0.1) is 0 Å². The fourth-order valence-corrected chi connectivity index (χ4v) is 0.592. The minimum Gasteiger partial charge on any atom is -0.450 e. The molecule has 0 aliphatic carbocycles. The summed E-state index contributed by atoms with van der Waals surface area (Å²) in [7, 11) is 0. The van der Waals surface area contributed by atoms with Crippen LogP contribution < -0.4 is 16.8 Å². The van der Waals surface area contributed by atoms with E-state index in [4.69, 9.17) is 16.2 Å². The van der Waals surface area contributed by atoms with Gasteiger partial charge in [0.05, 0.1) is 6.61 Å². The number of carbonyl (C=O) groups is 1. The van der Waals surface area contributed by atoms with Crippen LogP contribution in [0.2, 0.25) is 0 Å². The highest BCUT2D eigenvalue weighted by Crippen LogP contribution is 1.81. The first kappa shape index (κ1) is 11.2. The Kier molecular flexibility index (Phi) is 7.73. The third-order valence-electron chi connectivity index (χ3n) is 1.23. The first-order valence-corrected chi connectivity index (χ1v) is 4.12. The first-order valence-electron chi connectivity index (χ1n) is 4.12. The van der Waals surface area contributed by atoms with E-state index < -0.39 is 6.09 Å². The summed E-state index contributed by atoms with van der Waals surface area (Å²) in [6.45, 7) is 2.06. The lowest BCUT2D eigenvalue weighted by Gasteiger charge is -2.04. The highest BCUT2D eigenvalue weighted by Gasteiger charge is 1.98. The van der Waals surface area contributed by atoms with Gasteiger partial charge in [0.2, 0.25) is 0 Å². The van der Waals surface area contributed by atoms with E-state index in [-0.39, 0.29) is 0 Å². The lowest BCUT2D eigenvalue weighted by molar-refractivity contribution is 0.145. The minimum absolute atomic E-state index is 0.380. The molecule has 1 amide bonds. The lowest BCUT2D eigenvalue weighted by atomic mass is 10.4. The molecular formula is C7H17N3O2. The molecule has 5 nitrogen and oxygen atoms in total. The summed E-state index contributed by atoms with van der Waals surface area (Å²) in [5, 5.41) is 2.56. The molecule has 0 heterocycles. The van der Waals surface area contributed by atoms with E-state index in [1.807, 2.05) is 0 Å². The maximum atomic E-state index is 10.8. The standard InChI is InChI=1S/C7H17N3O2/c8-3-1-5-10-7(11)12-6-2-4-9/h1-6,8-9H2,(H,10,11). The van der Waals surface area contributed by atoms with E-state index >= 15 is 0 Å². The molecule has 0 atom stereocenters. The maximum absolute atomic E-state index is 10.8. The molecule has 12 heavy (non-hydrogen) atoms. The van der Waals surface area contributed by atoms with Crippen LogP contribution in [0.3, 0.4) is 0 Å². The number of alkyl carbamates (subject to hydrolysis) is 1. The van der Waals surface area contributed by atoms with Crippen molar-refractivity contribution >= 4 is 6.09 Å². The monoisotopic (exact) mass is 175 g/mol. The molecule has 0 aromatic carbocycles. The van der Waals surface area contributed by atoms with E-state index in [9.17, 15) is 4.79 Å².